The molecule has 3 N–H and O–H groups in total. The first-order valence-electron chi connectivity index (χ1n) is 9.68. The van der Waals surface area contributed by atoms with Gasteiger partial charge in [-0.2, -0.15) is 0 Å². The molecule has 0 aliphatic carbocycles. The Morgan fingerprint density at radius 1 is 1.00 bits per heavy atom. The van der Waals surface area contributed by atoms with Crippen LogP contribution in [-0.4, -0.2) is 30.4 Å². The summed E-state index contributed by atoms with van der Waals surface area (Å²) in [5, 5.41) is 2.76. The molecule has 2 rings (SSSR count). The van der Waals surface area contributed by atoms with E-state index in [-0.39, 0.29) is 18.9 Å². The van der Waals surface area contributed by atoms with Gasteiger partial charge in [0, 0.05) is 0 Å². The molecule has 0 aliphatic heterocycles. The van der Waals surface area contributed by atoms with Gasteiger partial charge in [0.05, 0.1) is 17.9 Å². The maximum atomic E-state index is 13.4. The molecule has 0 radical (unpaired) electrons. The number of ether oxygens (including phenoxy) is 1. The summed E-state index contributed by atoms with van der Waals surface area (Å²) in [6, 6.07) is 17.7. The van der Waals surface area contributed by atoms with Gasteiger partial charge in [-0.1, -0.05) is 67.6 Å². The van der Waals surface area contributed by atoms with Crippen LogP contribution in [0.5, 0.6) is 0 Å². The molecule has 2 aromatic carbocycles. The zero-order valence-electron chi connectivity index (χ0n) is 17.1. The molecule has 0 aromatic heterocycles. The van der Waals surface area contributed by atoms with Crippen LogP contribution in [0.4, 0.5) is 0 Å². The standard InChI is InChI=1S/C23H28N2O4/c1-4-29-21(27)16(2)15-19(20(24)26)25-22(28)23(3,17-11-7-5-8-12-17)18-13-9-6-10-14-18/h5-14,16,19H,4,15H2,1-3H3,(H2,24,26)(H,25,28)/t16-,19-/m0/s1. The third-order valence-corrected chi connectivity index (χ3v) is 5.08. The molecule has 0 unspecified atom stereocenters. The highest BCUT2D eigenvalue weighted by molar-refractivity contribution is 5.95. The Bertz CT molecular complexity index is 797. The molecule has 0 bridgehead atoms. The molecular weight excluding hydrogens is 368 g/mol. The number of esters is 1. The first kappa shape index (κ1) is 22.1. The van der Waals surface area contributed by atoms with Crippen LogP contribution < -0.4 is 11.1 Å². The second-order valence-electron chi connectivity index (χ2n) is 7.17. The Morgan fingerprint density at radius 3 is 1.90 bits per heavy atom. The average molecular weight is 396 g/mol. The first-order chi connectivity index (χ1) is 13.8. The second kappa shape index (κ2) is 9.87. The van der Waals surface area contributed by atoms with E-state index in [0.29, 0.717) is 0 Å². The van der Waals surface area contributed by atoms with Gasteiger partial charge in [-0.3, -0.25) is 14.4 Å². The molecule has 154 valence electrons. The molecule has 2 aromatic rings. The number of nitrogens with one attached hydrogen (secondary N) is 1. The van der Waals surface area contributed by atoms with Crippen molar-refractivity contribution in [3.05, 3.63) is 71.8 Å². The lowest BCUT2D eigenvalue weighted by atomic mass is 9.75. The lowest BCUT2D eigenvalue weighted by molar-refractivity contribution is -0.148. The van der Waals surface area contributed by atoms with E-state index in [1.165, 1.54) is 0 Å². The van der Waals surface area contributed by atoms with Crippen LogP contribution in [0.2, 0.25) is 0 Å². The lowest BCUT2D eigenvalue weighted by Crippen LogP contribution is -2.52. The van der Waals surface area contributed by atoms with Gasteiger partial charge in [0.25, 0.3) is 0 Å². The fraction of sp³-hybridized carbons (Fsp3) is 0.348. The van der Waals surface area contributed by atoms with E-state index < -0.39 is 29.3 Å². The molecule has 0 fully saturated rings. The zero-order chi connectivity index (χ0) is 21.4. The topological polar surface area (TPSA) is 98.5 Å². The number of carbonyl (C=O) groups excluding carboxylic acids is 3. The number of nitrogens with two attached hydrogens (primary N) is 1. The smallest absolute Gasteiger partial charge is 0.308 e. The molecule has 0 aliphatic rings. The molecular formula is C23H28N2O4. The van der Waals surface area contributed by atoms with Crippen LogP contribution in [0.25, 0.3) is 0 Å². The fourth-order valence-corrected chi connectivity index (χ4v) is 3.25. The Balaban J connectivity index is 2.33. The molecule has 2 atom stereocenters. The van der Waals surface area contributed by atoms with E-state index in [2.05, 4.69) is 5.32 Å². The van der Waals surface area contributed by atoms with Gasteiger partial charge >= 0.3 is 5.97 Å². The molecule has 6 heteroatoms. The number of amides is 2. The maximum absolute atomic E-state index is 13.4. The van der Waals surface area contributed by atoms with Crippen molar-refractivity contribution in [2.45, 2.75) is 38.6 Å². The van der Waals surface area contributed by atoms with Crippen molar-refractivity contribution >= 4 is 17.8 Å². The van der Waals surface area contributed by atoms with Gasteiger partial charge in [-0.15, -0.1) is 0 Å². The number of benzene rings is 2. The summed E-state index contributed by atoms with van der Waals surface area (Å²) in [6.45, 7) is 5.41. The third kappa shape index (κ3) is 5.22. The van der Waals surface area contributed by atoms with Gasteiger partial charge in [0.2, 0.25) is 11.8 Å². The van der Waals surface area contributed by atoms with Crippen molar-refractivity contribution in [2.24, 2.45) is 11.7 Å². The normalized spacial score (nSPS) is 13.2. The van der Waals surface area contributed by atoms with Crippen LogP contribution >= 0.6 is 0 Å². The van der Waals surface area contributed by atoms with Gasteiger partial charge in [0.15, 0.2) is 0 Å². The summed E-state index contributed by atoms with van der Waals surface area (Å²) < 4.78 is 4.99. The second-order valence-corrected chi connectivity index (χ2v) is 7.17. The van der Waals surface area contributed by atoms with Crippen molar-refractivity contribution in [3.8, 4) is 0 Å². The first-order valence-corrected chi connectivity index (χ1v) is 9.68. The monoisotopic (exact) mass is 396 g/mol. The molecule has 0 spiro atoms. The largest absolute Gasteiger partial charge is 0.466 e. The Labute approximate surface area is 171 Å². The highest BCUT2D eigenvalue weighted by Gasteiger charge is 2.39. The van der Waals surface area contributed by atoms with Crippen LogP contribution in [0.15, 0.2) is 60.7 Å². The minimum atomic E-state index is -1.04. The molecule has 0 saturated heterocycles. The third-order valence-electron chi connectivity index (χ3n) is 5.08. The van der Waals surface area contributed by atoms with Crippen molar-refractivity contribution < 1.29 is 19.1 Å². The summed E-state index contributed by atoms with van der Waals surface area (Å²) in [7, 11) is 0. The summed E-state index contributed by atoms with van der Waals surface area (Å²) in [5.41, 5.74) is 6.05. The quantitative estimate of drug-likeness (QED) is 0.637. The van der Waals surface area contributed by atoms with Gasteiger partial charge < -0.3 is 15.8 Å². The fourth-order valence-electron chi connectivity index (χ4n) is 3.25. The predicted octanol–water partition coefficient (Wildman–Crippen LogP) is 2.55. The van der Waals surface area contributed by atoms with Crippen molar-refractivity contribution in [2.75, 3.05) is 6.61 Å². The summed E-state index contributed by atoms with van der Waals surface area (Å²) in [5.74, 6) is -2.07. The Kier molecular flexibility index (Phi) is 7.53. The van der Waals surface area contributed by atoms with E-state index in [0.717, 1.165) is 11.1 Å². The van der Waals surface area contributed by atoms with E-state index in [1.54, 1.807) is 20.8 Å². The molecule has 2 amide bonds. The summed E-state index contributed by atoms with van der Waals surface area (Å²) >= 11 is 0. The van der Waals surface area contributed by atoms with Gasteiger partial charge in [-0.25, -0.2) is 0 Å². The zero-order valence-corrected chi connectivity index (χ0v) is 17.1. The molecule has 0 saturated carbocycles. The molecule has 29 heavy (non-hydrogen) atoms. The minimum Gasteiger partial charge on any atom is -0.466 e. The summed E-state index contributed by atoms with van der Waals surface area (Å²) in [6.07, 6.45) is 0.0690. The van der Waals surface area contributed by atoms with E-state index in [1.807, 2.05) is 60.7 Å². The van der Waals surface area contributed by atoms with E-state index in [9.17, 15) is 14.4 Å². The van der Waals surface area contributed by atoms with Crippen molar-refractivity contribution in [3.63, 3.8) is 0 Å². The predicted molar refractivity (Wildman–Crippen MR) is 111 cm³/mol. The van der Waals surface area contributed by atoms with Gasteiger partial charge in [0.1, 0.15) is 6.04 Å². The lowest BCUT2D eigenvalue weighted by Gasteiger charge is -2.31. The van der Waals surface area contributed by atoms with E-state index in [4.69, 9.17) is 10.5 Å². The van der Waals surface area contributed by atoms with Crippen molar-refractivity contribution in [1.82, 2.24) is 5.32 Å². The number of hydrogen-bond donors (Lipinski definition) is 2. The SMILES string of the molecule is CCOC(=O)[C@@H](C)C[C@H](NC(=O)C(C)(c1ccccc1)c1ccccc1)C(N)=O. The number of primary amides is 1. The number of hydrogen-bond acceptors (Lipinski definition) is 4. The summed E-state index contributed by atoms with van der Waals surface area (Å²) in [4.78, 5) is 37.4. The maximum Gasteiger partial charge on any atom is 0.308 e. The van der Waals surface area contributed by atoms with Gasteiger partial charge in [-0.05, 0) is 31.4 Å². The molecule has 0 heterocycles. The molecule has 6 nitrogen and oxygen atoms in total. The average Bonchev–Trinajstić information content (AvgIpc) is 2.73. The van der Waals surface area contributed by atoms with E-state index >= 15 is 0 Å². The number of carbonyl (C=O) groups is 3. The van der Waals surface area contributed by atoms with Crippen LogP contribution in [-0.2, 0) is 24.5 Å². The Morgan fingerprint density at radius 2 is 1.48 bits per heavy atom. The van der Waals surface area contributed by atoms with Crippen LogP contribution in [0.1, 0.15) is 38.3 Å². The highest BCUT2D eigenvalue weighted by atomic mass is 16.5. The number of rotatable bonds is 9. The highest BCUT2D eigenvalue weighted by Crippen LogP contribution is 2.32. The van der Waals surface area contributed by atoms with Crippen LogP contribution in [0.3, 0.4) is 0 Å². The van der Waals surface area contributed by atoms with Crippen LogP contribution in [0, 0.1) is 5.92 Å². The Hall–Kier alpha value is -3.15. The van der Waals surface area contributed by atoms with Crippen molar-refractivity contribution in [1.29, 1.82) is 0 Å². The minimum absolute atomic E-state index is 0.0690.